The van der Waals surface area contributed by atoms with Gasteiger partial charge in [-0.15, -0.1) is 0 Å². The van der Waals surface area contributed by atoms with Crippen LogP contribution in [0.3, 0.4) is 0 Å². The van der Waals surface area contributed by atoms with E-state index in [0.717, 1.165) is 5.69 Å². The van der Waals surface area contributed by atoms with E-state index in [0.29, 0.717) is 28.8 Å². The molecule has 23 heavy (non-hydrogen) atoms. The Morgan fingerprint density at radius 1 is 1.09 bits per heavy atom. The maximum absolute atomic E-state index is 9.06. The van der Waals surface area contributed by atoms with Crippen LogP contribution >= 0.6 is 0 Å². The molecule has 7 nitrogen and oxygen atoms in total. The number of aromatic nitrogens is 1. The van der Waals surface area contributed by atoms with E-state index < -0.39 is 0 Å². The number of nitrogens with zero attached hydrogens (tertiary/aromatic N) is 3. The van der Waals surface area contributed by atoms with Gasteiger partial charge in [0.05, 0.1) is 27.0 Å². The van der Waals surface area contributed by atoms with Crippen molar-refractivity contribution in [1.29, 1.82) is 5.26 Å². The van der Waals surface area contributed by atoms with Crippen molar-refractivity contribution in [3.63, 3.8) is 0 Å². The minimum absolute atomic E-state index is 0.182. The molecule has 0 fully saturated rings. The summed E-state index contributed by atoms with van der Waals surface area (Å²) in [7, 11) is 6.47. The second kappa shape index (κ2) is 6.75. The van der Waals surface area contributed by atoms with Gasteiger partial charge in [0.25, 0.3) is 0 Å². The summed E-state index contributed by atoms with van der Waals surface area (Å²) in [5.74, 6) is 2.15. The summed E-state index contributed by atoms with van der Waals surface area (Å²) in [5, 5.41) is 9.06. The lowest BCUT2D eigenvalue weighted by Gasteiger charge is -2.21. The second-order valence-corrected chi connectivity index (χ2v) is 4.66. The lowest BCUT2D eigenvalue weighted by atomic mass is 10.2. The third-order valence-electron chi connectivity index (χ3n) is 3.40. The summed E-state index contributed by atoms with van der Waals surface area (Å²) in [4.78, 5) is 6.04. The van der Waals surface area contributed by atoms with Crippen molar-refractivity contribution in [2.75, 3.05) is 39.0 Å². The van der Waals surface area contributed by atoms with Crippen molar-refractivity contribution in [1.82, 2.24) is 4.98 Å². The van der Waals surface area contributed by atoms with E-state index in [1.54, 1.807) is 50.5 Å². The molecular formula is C16H18N4O3. The predicted molar refractivity (Wildman–Crippen MR) is 87.5 cm³/mol. The van der Waals surface area contributed by atoms with Crippen LogP contribution in [0.4, 0.5) is 17.2 Å². The van der Waals surface area contributed by atoms with Crippen molar-refractivity contribution in [2.45, 2.75) is 0 Å². The number of anilines is 3. The van der Waals surface area contributed by atoms with Crippen LogP contribution in [0.5, 0.6) is 17.2 Å². The molecular weight excluding hydrogens is 296 g/mol. The number of ether oxygens (including phenoxy) is 3. The molecule has 1 aromatic heterocycles. The molecule has 0 atom stereocenters. The van der Waals surface area contributed by atoms with Crippen molar-refractivity contribution < 1.29 is 14.2 Å². The molecule has 0 spiro atoms. The number of pyridine rings is 1. The topological polar surface area (TPSA) is 93.6 Å². The van der Waals surface area contributed by atoms with Gasteiger partial charge in [-0.1, -0.05) is 0 Å². The molecule has 0 saturated carbocycles. The second-order valence-electron chi connectivity index (χ2n) is 4.66. The highest BCUT2D eigenvalue weighted by Crippen LogP contribution is 2.41. The van der Waals surface area contributed by atoms with Gasteiger partial charge in [-0.05, 0) is 12.1 Å². The highest BCUT2D eigenvalue weighted by Gasteiger charge is 2.17. The van der Waals surface area contributed by atoms with E-state index >= 15 is 0 Å². The standard InChI is InChI=1S/C16H18N4O3/c1-20(15-6-5-11(18)12(9-17)19-15)10-7-13(21-2)16(23-4)14(8-10)22-3/h5-8H,18H2,1-4H3. The molecule has 0 radical (unpaired) electrons. The monoisotopic (exact) mass is 314 g/mol. The first kappa shape index (κ1) is 16.2. The molecule has 2 rings (SSSR count). The van der Waals surface area contributed by atoms with Gasteiger partial charge >= 0.3 is 0 Å². The molecule has 7 heteroatoms. The molecule has 2 N–H and O–H groups in total. The van der Waals surface area contributed by atoms with E-state index in [2.05, 4.69) is 4.98 Å². The van der Waals surface area contributed by atoms with Crippen LogP contribution in [0.1, 0.15) is 5.69 Å². The molecule has 0 aliphatic carbocycles. The van der Waals surface area contributed by atoms with Crippen LogP contribution in [0.2, 0.25) is 0 Å². The van der Waals surface area contributed by atoms with Crippen LogP contribution < -0.4 is 24.8 Å². The Bertz CT molecular complexity index is 730. The largest absolute Gasteiger partial charge is 0.493 e. The van der Waals surface area contributed by atoms with Crippen LogP contribution in [0, 0.1) is 11.3 Å². The van der Waals surface area contributed by atoms with E-state index in [1.165, 1.54) is 0 Å². The fourth-order valence-electron chi connectivity index (χ4n) is 2.13. The van der Waals surface area contributed by atoms with Crippen LogP contribution in [-0.2, 0) is 0 Å². The molecule has 0 aliphatic rings. The third-order valence-corrected chi connectivity index (χ3v) is 3.40. The highest BCUT2D eigenvalue weighted by atomic mass is 16.5. The summed E-state index contributed by atoms with van der Waals surface area (Å²) < 4.78 is 16.0. The van der Waals surface area contributed by atoms with Gasteiger partial charge in [0.1, 0.15) is 11.9 Å². The maximum Gasteiger partial charge on any atom is 0.203 e. The first-order valence-corrected chi connectivity index (χ1v) is 6.76. The number of nitrogen functional groups attached to an aromatic ring is 1. The average Bonchev–Trinajstić information content (AvgIpc) is 2.60. The zero-order valence-electron chi connectivity index (χ0n) is 13.5. The minimum Gasteiger partial charge on any atom is -0.493 e. The lowest BCUT2D eigenvalue weighted by molar-refractivity contribution is 0.324. The Morgan fingerprint density at radius 3 is 2.17 bits per heavy atom. The SMILES string of the molecule is COc1cc(N(C)c2ccc(N)c(C#N)n2)cc(OC)c1OC. The van der Waals surface area contributed by atoms with Gasteiger partial charge in [0, 0.05) is 24.9 Å². The number of methoxy groups -OCH3 is 3. The van der Waals surface area contributed by atoms with Gasteiger partial charge < -0.3 is 24.8 Å². The Morgan fingerprint density at radius 2 is 1.70 bits per heavy atom. The Labute approximate surface area is 134 Å². The van der Waals surface area contributed by atoms with Gasteiger partial charge in [-0.25, -0.2) is 4.98 Å². The molecule has 0 unspecified atom stereocenters. The van der Waals surface area contributed by atoms with Crippen molar-refractivity contribution >= 4 is 17.2 Å². The van der Waals surface area contributed by atoms with E-state index in [4.69, 9.17) is 25.2 Å². The predicted octanol–water partition coefficient (Wildman–Crippen LogP) is 2.33. The van der Waals surface area contributed by atoms with E-state index in [-0.39, 0.29) is 5.69 Å². The van der Waals surface area contributed by atoms with E-state index in [1.807, 2.05) is 13.1 Å². The summed E-state index contributed by atoms with van der Waals surface area (Å²) in [6.07, 6.45) is 0. The van der Waals surface area contributed by atoms with Crippen LogP contribution in [0.15, 0.2) is 24.3 Å². The summed E-state index contributed by atoms with van der Waals surface area (Å²) in [6, 6.07) is 8.95. The Kier molecular flexibility index (Phi) is 4.76. The van der Waals surface area contributed by atoms with Crippen molar-refractivity contribution in [2.24, 2.45) is 0 Å². The summed E-state index contributed by atoms with van der Waals surface area (Å²) in [6.45, 7) is 0. The van der Waals surface area contributed by atoms with Crippen molar-refractivity contribution in [3.8, 4) is 23.3 Å². The Balaban J connectivity index is 2.51. The van der Waals surface area contributed by atoms with E-state index in [9.17, 15) is 0 Å². The molecule has 0 bridgehead atoms. The zero-order chi connectivity index (χ0) is 17.0. The molecule has 120 valence electrons. The maximum atomic E-state index is 9.06. The lowest BCUT2D eigenvalue weighted by Crippen LogP contribution is -2.13. The molecule has 0 saturated heterocycles. The number of benzene rings is 1. The van der Waals surface area contributed by atoms with Gasteiger partial charge in [0.15, 0.2) is 17.2 Å². The molecule has 0 amide bonds. The fraction of sp³-hybridized carbons (Fsp3) is 0.250. The quantitative estimate of drug-likeness (QED) is 0.905. The number of rotatable bonds is 5. The smallest absolute Gasteiger partial charge is 0.203 e. The molecule has 2 aromatic rings. The third kappa shape index (κ3) is 3.06. The van der Waals surface area contributed by atoms with Gasteiger partial charge in [0.2, 0.25) is 5.75 Å². The molecule has 0 aliphatic heterocycles. The number of hydrogen-bond donors (Lipinski definition) is 1. The first-order chi connectivity index (χ1) is 11.0. The number of hydrogen-bond acceptors (Lipinski definition) is 7. The molecule has 1 heterocycles. The zero-order valence-corrected chi connectivity index (χ0v) is 13.5. The van der Waals surface area contributed by atoms with Gasteiger partial charge in [-0.2, -0.15) is 5.26 Å². The average molecular weight is 314 g/mol. The highest BCUT2D eigenvalue weighted by molar-refractivity contribution is 5.69. The summed E-state index contributed by atoms with van der Waals surface area (Å²) in [5.41, 5.74) is 7.00. The number of nitrogens with two attached hydrogens (primary N) is 1. The first-order valence-electron chi connectivity index (χ1n) is 6.76. The van der Waals surface area contributed by atoms with Gasteiger partial charge in [-0.3, -0.25) is 0 Å². The normalized spacial score (nSPS) is 9.87. The fourth-order valence-corrected chi connectivity index (χ4v) is 2.13. The van der Waals surface area contributed by atoms with Crippen LogP contribution in [0.25, 0.3) is 0 Å². The van der Waals surface area contributed by atoms with Crippen molar-refractivity contribution in [3.05, 3.63) is 30.0 Å². The summed E-state index contributed by atoms with van der Waals surface area (Å²) >= 11 is 0. The number of nitriles is 1. The van der Waals surface area contributed by atoms with Crippen LogP contribution in [-0.4, -0.2) is 33.4 Å². The Hall–Kier alpha value is -3.14. The molecule has 1 aromatic carbocycles. The minimum atomic E-state index is 0.182.